The molecule has 0 radical (unpaired) electrons. The van der Waals surface area contributed by atoms with Crippen LogP contribution in [-0.2, 0) is 9.53 Å². The molecule has 6 nitrogen and oxygen atoms in total. The minimum absolute atomic E-state index is 0.101. The highest BCUT2D eigenvalue weighted by molar-refractivity contribution is 6.30. The molecule has 1 fully saturated rings. The lowest BCUT2D eigenvalue weighted by molar-refractivity contribution is -0.160. The molecule has 2 aromatic heterocycles. The van der Waals surface area contributed by atoms with Crippen LogP contribution in [-0.4, -0.2) is 39.7 Å². The molecule has 3 heterocycles. The Morgan fingerprint density at radius 1 is 1.25 bits per heavy atom. The van der Waals surface area contributed by atoms with Gasteiger partial charge in [-0.25, -0.2) is 9.78 Å². The molecule has 32 heavy (non-hydrogen) atoms. The number of aromatic nitrogens is 2. The fourth-order valence-corrected chi connectivity index (χ4v) is 4.13. The van der Waals surface area contributed by atoms with Crippen molar-refractivity contribution in [1.29, 1.82) is 0 Å². The minimum Gasteiger partial charge on any atom is -0.479 e. The number of aliphatic carboxylic acids is 1. The molecule has 1 aliphatic rings. The van der Waals surface area contributed by atoms with Gasteiger partial charge in [-0.15, -0.1) is 0 Å². The van der Waals surface area contributed by atoms with E-state index >= 15 is 0 Å². The number of carboxylic acids is 1. The van der Waals surface area contributed by atoms with Gasteiger partial charge in [-0.05, 0) is 52.0 Å². The number of pyridine rings is 2. The maximum atomic E-state index is 13.8. The number of piperidine rings is 1. The third kappa shape index (κ3) is 5.38. The molecular weight excluding hydrogens is 433 g/mol. The summed E-state index contributed by atoms with van der Waals surface area (Å²) < 4.78 is 19.8. The van der Waals surface area contributed by atoms with Gasteiger partial charge in [0, 0.05) is 47.9 Å². The van der Waals surface area contributed by atoms with E-state index in [0.717, 1.165) is 31.6 Å². The molecule has 8 heteroatoms. The Bertz CT molecular complexity index is 1010. The first kappa shape index (κ1) is 24.4. The van der Waals surface area contributed by atoms with Crippen molar-refractivity contribution in [3.05, 3.63) is 40.7 Å². The predicted octanol–water partition coefficient (Wildman–Crippen LogP) is 5.81. The van der Waals surface area contributed by atoms with Crippen LogP contribution in [0.2, 0.25) is 5.02 Å². The van der Waals surface area contributed by atoms with Gasteiger partial charge in [0.2, 0.25) is 5.95 Å². The van der Waals surface area contributed by atoms with Crippen molar-refractivity contribution in [3.63, 3.8) is 0 Å². The maximum absolute atomic E-state index is 13.8. The quantitative estimate of drug-likeness (QED) is 0.564. The second-order valence-corrected chi connectivity index (χ2v) is 10.5. The maximum Gasteiger partial charge on any atom is 0.337 e. The molecule has 0 amide bonds. The molecule has 1 aliphatic heterocycles. The molecular formula is C24H31ClFN3O3. The van der Waals surface area contributed by atoms with Gasteiger partial charge in [0.1, 0.15) is 0 Å². The zero-order valence-electron chi connectivity index (χ0n) is 19.5. The zero-order valence-corrected chi connectivity index (χ0v) is 20.3. The first-order valence-corrected chi connectivity index (χ1v) is 11.1. The summed E-state index contributed by atoms with van der Waals surface area (Å²) in [5, 5.41) is 10.0. The Labute approximate surface area is 193 Å². The summed E-state index contributed by atoms with van der Waals surface area (Å²) in [5.74, 6) is -1.84. The first-order chi connectivity index (χ1) is 14.8. The SMILES string of the molecule is Cc1ncc(-c2cnc(F)c(Cl)c2)c(N2CCC(C)(C)CC2)c1[C@H](OC(C)(C)C)C(=O)O. The van der Waals surface area contributed by atoms with Crippen molar-refractivity contribution in [2.75, 3.05) is 18.0 Å². The second-order valence-electron chi connectivity index (χ2n) is 10.1. The standard InChI is InChI=1S/C24H31ClFN3O3/c1-14-18(20(22(30)31)32-23(2,3)4)19(29-9-7-24(5,6)8-10-29)16(13-27-14)15-11-17(25)21(26)28-12-15/h11-13,20H,7-10H2,1-6H3,(H,30,31)/t20-/m0/s1. The number of anilines is 1. The lowest BCUT2D eigenvalue weighted by atomic mass is 9.82. The molecule has 3 rings (SSSR count). The summed E-state index contributed by atoms with van der Waals surface area (Å²) in [6.45, 7) is 13.2. The Balaban J connectivity index is 2.25. The smallest absolute Gasteiger partial charge is 0.337 e. The highest BCUT2D eigenvalue weighted by Crippen LogP contribution is 2.43. The molecule has 0 spiro atoms. The van der Waals surface area contributed by atoms with Crippen LogP contribution in [0, 0.1) is 18.3 Å². The molecule has 0 aliphatic carbocycles. The predicted molar refractivity (Wildman–Crippen MR) is 124 cm³/mol. The molecule has 1 saturated heterocycles. The van der Waals surface area contributed by atoms with Crippen LogP contribution in [0.25, 0.3) is 11.1 Å². The van der Waals surface area contributed by atoms with Gasteiger partial charge in [-0.2, -0.15) is 4.39 Å². The Morgan fingerprint density at radius 3 is 2.41 bits per heavy atom. The highest BCUT2D eigenvalue weighted by Gasteiger charge is 2.35. The van der Waals surface area contributed by atoms with Crippen LogP contribution in [0.1, 0.15) is 64.8 Å². The number of carbonyl (C=O) groups is 1. The average Bonchev–Trinajstić information content (AvgIpc) is 2.68. The normalized spacial score (nSPS) is 17.3. The van der Waals surface area contributed by atoms with Crippen LogP contribution in [0.4, 0.5) is 10.1 Å². The van der Waals surface area contributed by atoms with Crippen molar-refractivity contribution in [2.24, 2.45) is 5.41 Å². The van der Waals surface area contributed by atoms with Crippen molar-refractivity contribution < 1.29 is 19.0 Å². The van der Waals surface area contributed by atoms with Crippen molar-refractivity contribution >= 4 is 23.3 Å². The number of aryl methyl sites for hydroxylation is 1. The third-order valence-electron chi connectivity index (χ3n) is 5.79. The van der Waals surface area contributed by atoms with Crippen molar-refractivity contribution in [2.45, 2.75) is 66.1 Å². The van der Waals surface area contributed by atoms with Crippen LogP contribution in [0.15, 0.2) is 18.5 Å². The fraction of sp³-hybridized carbons (Fsp3) is 0.542. The van der Waals surface area contributed by atoms with Gasteiger partial charge in [0.25, 0.3) is 0 Å². The number of ether oxygens (including phenoxy) is 1. The Hall–Kier alpha value is -2.25. The number of rotatable bonds is 5. The summed E-state index contributed by atoms with van der Waals surface area (Å²) in [6.07, 6.45) is 3.77. The minimum atomic E-state index is -1.21. The monoisotopic (exact) mass is 463 g/mol. The fourth-order valence-electron chi connectivity index (χ4n) is 3.96. The lowest BCUT2D eigenvalue weighted by Gasteiger charge is -2.40. The molecule has 1 atom stereocenters. The van der Waals surface area contributed by atoms with E-state index in [9.17, 15) is 14.3 Å². The largest absolute Gasteiger partial charge is 0.479 e. The van der Waals surface area contributed by atoms with E-state index in [-0.39, 0.29) is 10.4 Å². The van der Waals surface area contributed by atoms with Crippen LogP contribution in [0.3, 0.4) is 0 Å². The Kier molecular flexibility index (Phi) is 6.82. The zero-order chi connectivity index (χ0) is 23.8. The van der Waals surface area contributed by atoms with Gasteiger partial charge in [0.15, 0.2) is 6.10 Å². The lowest BCUT2D eigenvalue weighted by Crippen LogP contribution is -2.39. The summed E-state index contributed by atoms with van der Waals surface area (Å²) >= 11 is 6.02. The van der Waals surface area contributed by atoms with Crippen LogP contribution in [0.5, 0.6) is 0 Å². The number of hydrogen-bond acceptors (Lipinski definition) is 5. The van der Waals surface area contributed by atoms with Gasteiger partial charge >= 0.3 is 5.97 Å². The Morgan fingerprint density at radius 2 is 1.88 bits per heavy atom. The summed E-state index contributed by atoms with van der Waals surface area (Å²) in [4.78, 5) is 22.8. The third-order valence-corrected chi connectivity index (χ3v) is 6.05. The van der Waals surface area contributed by atoms with E-state index in [2.05, 4.69) is 28.7 Å². The second kappa shape index (κ2) is 8.94. The van der Waals surface area contributed by atoms with Crippen molar-refractivity contribution in [1.82, 2.24) is 9.97 Å². The van der Waals surface area contributed by atoms with Gasteiger partial charge < -0.3 is 14.7 Å². The highest BCUT2D eigenvalue weighted by atomic mass is 35.5. The van der Waals surface area contributed by atoms with E-state index in [0.29, 0.717) is 22.4 Å². The summed E-state index contributed by atoms with van der Waals surface area (Å²) in [7, 11) is 0. The van der Waals surface area contributed by atoms with Crippen molar-refractivity contribution in [3.8, 4) is 11.1 Å². The van der Waals surface area contributed by atoms with Gasteiger partial charge in [-0.3, -0.25) is 4.98 Å². The van der Waals surface area contributed by atoms with E-state index < -0.39 is 23.6 Å². The van der Waals surface area contributed by atoms with E-state index in [4.69, 9.17) is 16.3 Å². The van der Waals surface area contributed by atoms with E-state index in [1.165, 1.54) is 12.3 Å². The molecule has 174 valence electrons. The first-order valence-electron chi connectivity index (χ1n) is 10.8. The molecule has 0 unspecified atom stereocenters. The molecule has 0 aromatic carbocycles. The number of halogens is 2. The van der Waals surface area contributed by atoms with Gasteiger partial charge in [0.05, 0.1) is 16.3 Å². The number of hydrogen-bond donors (Lipinski definition) is 1. The number of nitrogens with zero attached hydrogens (tertiary/aromatic N) is 3. The summed E-state index contributed by atoms with van der Waals surface area (Å²) in [5.41, 5.74) is 2.56. The average molecular weight is 464 g/mol. The molecule has 1 N–H and O–H groups in total. The molecule has 0 bridgehead atoms. The van der Waals surface area contributed by atoms with E-state index in [1.807, 2.05) is 20.8 Å². The molecule has 0 saturated carbocycles. The van der Waals surface area contributed by atoms with Gasteiger partial charge in [-0.1, -0.05) is 25.4 Å². The summed E-state index contributed by atoms with van der Waals surface area (Å²) in [6, 6.07) is 1.50. The topological polar surface area (TPSA) is 75.5 Å². The molecule has 2 aromatic rings. The van der Waals surface area contributed by atoms with Crippen LogP contribution >= 0.6 is 11.6 Å². The van der Waals surface area contributed by atoms with Crippen LogP contribution < -0.4 is 4.90 Å². The van der Waals surface area contributed by atoms with E-state index in [1.54, 1.807) is 13.1 Å². The number of carboxylic acid groups (broad SMARTS) is 1.